The Morgan fingerprint density at radius 2 is 1.70 bits per heavy atom. The minimum atomic E-state index is 0.291. The highest BCUT2D eigenvalue weighted by atomic mass is 16.3. The number of anilines is 1. The Bertz CT molecular complexity index is 1040. The van der Waals surface area contributed by atoms with Crippen LogP contribution in [-0.2, 0) is 0 Å². The number of aromatic nitrogens is 3. The standard InChI is InChI=1S/C24H33BN4O/c1-15-12-20(25-5)13-16(2)22(15)29-14-17(3)21-23(26-18(4)27-24(21)29)28-9-6-19(7-10-28)8-11-30/h12-14,19,25,30H,6-11H2,1-5H3. The molecule has 0 radical (unpaired) electrons. The molecule has 1 aliphatic rings. The molecule has 0 spiro atoms. The number of rotatable bonds is 5. The van der Waals surface area contributed by atoms with E-state index in [1.165, 1.54) is 33.2 Å². The predicted octanol–water partition coefficient (Wildman–Crippen LogP) is 3.36. The van der Waals surface area contributed by atoms with Gasteiger partial charge in [0.2, 0.25) is 0 Å². The van der Waals surface area contributed by atoms with E-state index in [0.29, 0.717) is 12.5 Å². The number of fused-ring (bicyclic) bond motifs is 1. The molecular weight excluding hydrogens is 371 g/mol. The van der Waals surface area contributed by atoms with Gasteiger partial charge in [-0.05, 0) is 69.6 Å². The van der Waals surface area contributed by atoms with E-state index in [9.17, 15) is 5.11 Å². The van der Waals surface area contributed by atoms with E-state index < -0.39 is 0 Å². The van der Waals surface area contributed by atoms with Gasteiger partial charge in [0, 0.05) is 25.9 Å². The molecule has 1 aliphatic heterocycles. The summed E-state index contributed by atoms with van der Waals surface area (Å²) in [6.45, 7) is 13.0. The van der Waals surface area contributed by atoms with E-state index >= 15 is 0 Å². The Morgan fingerprint density at radius 1 is 1.03 bits per heavy atom. The summed E-state index contributed by atoms with van der Waals surface area (Å²) in [5, 5.41) is 10.4. The second-order valence-corrected chi connectivity index (χ2v) is 8.85. The van der Waals surface area contributed by atoms with Gasteiger partial charge in [0.1, 0.15) is 11.6 Å². The van der Waals surface area contributed by atoms with Crippen LogP contribution in [0.3, 0.4) is 0 Å². The fourth-order valence-electron chi connectivity index (χ4n) is 5.03. The smallest absolute Gasteiger partial charge is 0.154 e. The van der Waals surface area contributed by atoms with Gasteiger partial charge in [0.15, 0.2) is 12.9 Å². The quantitative estimate of drug-likeness (QED) is 0.663. The van der Waals surface area contributed by atoms with Crippen LogP contribution in [0.15, 0.2) is 18.3 Å². The van der Waals surface area contributed by atoms with Gasteiger partial charge in [0.05, 0.1) is 11.1 Å². The van der Waals surface area contributed by atoms with Crippen LogP contribution in [0, 0.1) is 33.6 Å². The molecule has 1 fully saturated rings. The van der Waals surface area contributed by atoms with Gasteiger partial charge in [0.25, 0.3) is 0 Å². The van der Waals surface area contributed by atoms with E-state index in [1.54, 1.807) is 0 Å². The summed E-state index contributed by atoms with van der Waals surface area (Å²) in [5.41, 5.74) is 7.40. The lowest BCUT2D eigenvalue weighted by molar-refractivity contribution is 0.240. The molecule has 3 aromatic rings. The first-order chi connectivity index (χ1) is 14.4. The van der Waals surface area contributed by atoms with Crippen LogP contribution < -0.4 is 10.4 Å². The maximum absolute atomic E-state index is 9.27. The summed E-state index contributed by atoms with van der Waals surface area (Å²) in [6.07, 6.45) is 5.36. The average molecular weight is 404 g/mol. The van der Waals surface area contributed by atoms with Gasteiger partial charge in [-0.1, -0.05) is 24.4 Å². The fraction of sp³-hybridized carbons (Fsp3) is 0.500. The molecule has 158 valence electrons. The normalized spacial score (nSPS) is 15.2. The Balaban J connectivity index is 1.81. The second-order valence-electron chi connectivity index (χ2n) is 8.85. The van der Waals surface area contributed by atoms with Gasteiger partial charge in [-0.15, -0.1) is 0 Å². The lowest BCUT2D eigenvalue weighted by atomic mass is 9.72. The van der Waals surface area contributed by atoms with Crippen molar-refractivity contribution in [3.8, 4) is 5.69 Å². The SMILES string of the molecule is CBc1cc(C)c(-n2cc(C)c3c(N4CCC(CCO)CC4)nc(C)nc32)c(C)c1. The molecule has 1 saturated heterocycles. The Morgan fingerprint density at radius 3 is 2.30 bits per heavy atom. The van der Waals surface area contributed by atoms with Crippen LogP contribution in [0.5, 0.6) is 0 Å². The first-order valence-electron chi connectivity index (χ1n) is 11.3. The maximum atomic E-state index is 9.27. The number of hydrogen-bond donors (Lipinski definition) is 1. The number of aryl methyl sites for hydroxylation is 4. The first-order valence-corrected chi connectivity index (χ1v) is 11.3. The fourth-order valence-corrected chi connectivity index (χ4v) is 5.03. The predicted molar refractivity (Wildman–Crippen MR) is 127 cm³/mol. The van der Waals surface area contributed by atoms with Crippen molar-refractivity contribution in [2.75, 3.05) is 24.6 Å². The van der Waals surface area contributed by atoms with Crippen LogP contribution in [0.25, 0.3) is 16.7 Å². The molecule has 0 atom stereocenters. The summed E-state index contributed by atoms with van der Waals surface area (Å²) in [7, 11) is 1.05. The molecule has 0 aliphatic carbocycles. The molecule has 3 heterocycles. The van der Waals surface area contributed by atoms with Crippen molar-refractivity contribution in [3.05, 3.63) is 40.8 Å². The van der Waals surface area contributed by atoms with E-state index in [-0.39, 0.29) is 0 Å². The third-order valence-electron chi connectivity index (χ3n) is 6.58. The summed E-state index contributed by atoms with van der Waals surface area (Å²) < 4.78 is 2.27. The second kappa shape index (κ2) is 8.42. The number of benzene rings is 1. The van der Waals surface area contributed by atoms with Crippen LogP contribution >= 0.6 is 0 Å². The van der Waals surface area contributed by atoms with E-state index in [4.69, 9.17) is 9.97 Å². The van der Waals surface area contributed by atoms with Gasteiger partial charge in [-0.3, -0.25) is 0 Å². The van der Waals surface area contributed by atoms with E-state index in [2.05, 4.69) is 55.4 Å². The van der Waals surface area contributed by atoms with E-state index in [0.717, 1.165) is 56.9 Å². The van der Waals surface area contributed by atoms with Crippen molar-refractivity contribution >= 4 is 29.6 Å². The average Bonchev–Trinajstić information content (AvgIpc) is 3.03. The zero-order valence-electron chi connectivity index (χ0n) is 19.0. The number of piperidine rings is 1. The van der Waals surface area contributed by atoms with Crippen molar-refractivity contribution < 1.29 is 5.11 Å². The van der Waals surface area contributed by atoms with Crippen LogP contribution in [0.1, 0.15) is 41.8 Å². The molecule has 30 heavy (non-hydrogen) atoms. The number of aliphatic hydroxyl groups excluding tert-OH is 1. The van der Waals surface area contributed by atoms with Gasteiger partial charge in [-0.2, -0.15) is 0 Å². The van der Waals surface area contributed by atoms with Crippen LogP contribution in [0.2, 0.25) is 6.82 Å². The molecule has 0 saturated carbocycles. The topological polar surface area (TPSA) is 54.2 Å². The Kier molecular flexibility index (Phi) is 5.87. The number of nitrogens with zero attached hydrogens (tertiary/aromatic N) is 4. The summed E-state index contributed by atoms with van der Waals surface area (Å²) in [5.74, 6) is 2.50. The minimum Gasteiger partial charge on any atom is -0.396 e. The van der Waals surface area contributed by atoms with Crippen LogP contribution in [0.4, 0.5) is 5.82 Å². The van der Waals surface area contributed by atoms with Gasteiger partial charge >= 0.3 is 0 Å². The van der Waals surface area contributed by atoms with Crippen molar-refractivity contribution in [2.24, 2.45) is 5.92 Å². The van der Waals surface area contributed by atoms with Crippen LogP contribution in [-0.4, -0.2) is 46.6 Å². The molecule has 2 aromatic heterocycles. The lowest BCUT2D eigenvalue weighted by Gasteiger charge is -2.33. The molecular formula is C24H33BN4O. The Labute approximate surface area is 180 Å². The zero-order chi connectivity index (χ0) is 21.4. The van der Waals surface area contributed by atoms with Gasteiger partial charge < -0.3 is 14.6 Å². The van der Waals surface area contributed by atoms with Gasteiger partial charge in [-0.25, -0.2) is 9.97 Å². The largest absolute Gasteiger partial charge is 0.396 e. The number of aliphatic hydroxyl groups is 1. The molecule has 0 unspecified atom stereocenters. The third-order valence-corrected chi connectivity index (χ3v) is 6.58. The maximum Gasteiger partial charge on any atom is 0.154 e. The summed E-state index contributed by atoms with van der Waals surface area (Å²) >= 11 is 0. The van der Waals surface area contributed by atoms with Crippen molar-refractivity contribution in [2.45, 2.75) is 53.8 Å². The highest BCUT2D eigenvalue weighted by molar-refractivity contribution is 6.52. The monoisotopic (exact) mass is 404 g/mol. The van der Waals surface area contributed by atoms with Crippen molar-refractivity contribution in [1.29, 1.82) is 0 Å². The molecule has 0 bridgehead atoms. The van der Waals surface area contributed by atoms with E-state index in [1.807, 2.05) is 6.92 Å². The molecule has 0 amide bonds. The molecule has 1 aromatic carbocycles. The molecule has 1 N–H and O–H groups in total. The summed E-state index contributed by atoms with van der Waals surface area (Å²) in [6, 6.07) is 4.59. The summed E-state index contributed by atoms with van der Waals surface area (Å²) in [4.78, 5) is 12.2. The highest BCUT2D eigenvalue weighted by Gasteiger charge is 2.24. The van der Waals surface area contributed by atoms with Crippen molar-refractivity contribution in [3.63, 3.8) is 0 Å². The molecule has 6 heteroatoms. The minimum absolute atomic E-state index is 0.291. The lowest BCUT2D eigenvalue weighted by Crippen LogP contribution is -2.34. The molecule has 4 rings (SSSR count). The molecule has 5 nitrogen and oxygen atoms in total. The first kappa shape index (κ1) is 20.9. The number of hydrogen-bond acceptors (Lipinski definition) is 4. The highest BCUT2D eigenvalue weighted by Crippen LogP contribution is 2.34. The zero-order valence-corrected chi connectivity index (χ0v) is 19.0. The van der Waals surface area contributed by atoms with Crippen molar-refractivity contribution in [1.82, 2.24) is 14.5 Å². The third kappa shape index (κ3) is 3.73. The Hall–Kier alpha value is -2.34.